The van der Waals surface area contributed by atoms with Gasteiger partial charge in [0.2, 0.25) is 5.91 Å². The van der Waals surface area contributed by atoms with E-state index >= 15 is 0 Å². The SMILES string of the molecule is CNCC1CCCN1C(=O)Cc1nn(C)c(=O)c2ccccc12.Cl. The second-order valence-corrected chi connectivity index (χ2v) is 6.04. The van der Waals surface area contributed by atoms with Crippen molar-refractivity contribution in [2.24, 2.45) is 7.05 Å². The van der Waals surface area contributed by atoms with Crippen LogP contribution in [-0.2, 0) is 18.3 Å². The molecule has 1 saturated heterocycles. The molecule has 0 bridgehead atoms. The first-order valence-corrected chi connectivity index (χ1v) is 8.01. The summed E-state index contributed by atoms with van der Waals surface area (Å²) in [6.07, 6.45) is 2.31. The molecular formula is C17H23ClN4O2. The van der Waals surface area contributed by atoms with Crippen molar-refractivity contribution in [1.82, 2.24) is 20.0 Å². The first kappa shape index (κ1) is 18.4. The highest BCUT2D eigenvalue weighted by Crippen LogP contribution is 2.20. The maximum atomic E-state index is 12.7. The van der Waals surface area contributed by atoms with E-state index in [1.165, 1.54) is 4.68 Å². The molecule has 7 heteroatoms. The van der Waals surface area contributed by atoms with E-state index in [0.717, 1.165) is 31.3 Å². The maximum Gasteiger partial charge on any atom is 0.274 e. The van der Waals surface area contributed by atoms with Crippen LogP contribution in [0.5, 0.6) is 0 Å². The molecule has 0 spiro atoms. The van der Waals surface area contributed by atoms with Gasteiger partial charge in [-0.25, -0.2) is 4.68 Å². The van der Waals surface area contributed by atoms with Crippen LogP contribution >= 0.6 is 12.4 Å². The Hall–Kier alpha value is -1.92. The van der Waals surface area contributed by atoms with Gasteiger partial charge in [-0.15, -0.1) is 12.4 Å². The van der Waals surface area contributed by atoms with Crippen LogP contribution in [0, 0.1) is 0 Å². The van der Waals surface area contributed by atoms with Gasteiger partial charge in [-0.05, 0) is 26.0 Å². The summed E-state index contributed by atoms with van der Waals surface area (Å²) in [6, 6.07) is 7.61. The number of fused-ring (bicyclic) bond motifs is 1. The van der Waals surface area contributed by atoms with Gasteiger partial charge in [-0.1, -0.05) is 18.2 Å². The minimum absolute atomic E-state index is 0. The molecule has 130 valence electrons. The molecular weight excluding hydrogens is 328 g/mol. The molecule has 0 aliphatic carbocycles. The lowest BCUT2D eigenvalue weighted by Gasteiger charge is -2.24. The lowest BCUT2D eigenvalue weighted by Crippen LogP contribution is -2.41. The number of likely N-dealkylation sites (N-methyl/N-ethyl adjacent to an activating group) is 1. The van der Waals surface area contributed by atoms with Crippen LogP contribution in [0.15, 0.2) is 29.1 Å². The summed E-state index contributed by atoms with van der Waals surface area (Å²) in [4.78, 5) is 26.8. The van der Waals surface area contributed by atoms with Crippen LogP contribution in [-0.4, -0.2) is 46.8 Å². The van der Waals surface area contributed by atoms with Gasteiger partial charge >= 0.3 is 0 Å². The summed E-state index contributed by atoms with van der Waals surface area (Å²) in [7, 11) is 3.53. The second kappa shape index (κ2) is 7.77. The Balaban J connectivity index is 0.00000208. The van der Waals surface area contributed by atoms with E-state index in [-0.39, 0.29) is 36.3 Å². The Bertz CT molecular complexity index is 790. The summed E-state index contributed by atoms with van der Waals surface area (Å²) in [5.74, 6) is 0.0825. The minimum atomic E-state index is -0.133. The van der Waals surface area contributed by atoms with Crippen LogP contribution in [0.25, 0.3) is 10.8 Å². The molecule has 2 heterocycles. The molecule has 1 N–H and O–H groups in total. The number of carbonyl (C=O) groups excluding carboxylic acids is 1. The van der Waals surface area contributed by atoms with E-state index in [0.29, 0.717) is 11.1 Å². The fourth-order valence-electron chi connectivity index (χ4n) is 3.36. The number of rotatable bonds is 4. The van der Waals surface area contributed by atoms with Crippen LogP contribution in [0.2, 0.25) is 0 Å². The number of halogens is 1. The fourth-order valence-corrected chi connectivity index (χ4v) is 3.36. The highest BCUT2D eigenvalue weighted by molar-refractivity contribution is 5.88. The van der Waals surface area contributed by atoms with Gasteiger partial charge in [0.1, 0.15) is 0 Å². The van der Waals surface area contributed by atoms with E-state index in [1.54, 1.807) is 13.1 Å². The van der Waals surface area contributed by atoms with Gasteiger partial charge in [0.15, 0.2) is 0 Å². The van der Waals surface area contributed by atoms with Gasteiger partial charge in [0, 0.05) is 31.6 Å². The quantitative estimate of drug-likeness (QED) is 0.897. The lowest BCUT2D eigenvalue weighted by atomic mass is 10.1. The molecule has 1 aromatic carbocycles. The maximum absolute atomic E-state index is 12.7. The van der Waals surface area contributed by atoms with Crippen LogP contribution in [0.1, 0.15) is 18.5 Å². The molecule has 1 aliphatic heterocycles. The van der Waals surface area contributed by atoms with Crippen molar-refractivity contribution in [3.05, 3.63) is 40.3 Å². The Morgan fingerprint density at radius 1 is 1.33 bits per heavy atom. The molecule has 24 heavy (non-hydrogen) atoms. The van der Waals surface area contributed by atoms with Gasteiger partial charge in [-0.3, -0.25) is 9.59 Å². The Morgan fingerprint density at radius 3 is 2.75 bits per heavy atom. The molecule has 1 aromatic heterocycles. The molecule has 3 rings (SSSR count). The van der Waals surface area contributed by atoms with E-state index in [2.05, 4.69) is 10.4 Å². The molecule has 0 radical (unpaired) electrons. The first-order chi connectivity index (χ1) is 11.1. The zero-order valence-electron chi connectivity index (χ0n) is 14.0. The third kappa shape index (κ3) is 3.44. The van der Waals surface area contributed by atoms with Crippen molar-refractivity contribution in [3.63, 3.8) is 0 Å². The van der Waals surface area contributed by atoms with Crippen molar-refractivity contribution in [3.8, 4) is 0 Å². The van der Waals surface area contributed by atoms with E-state index in [4.69, 9.17) is 0 Å². The molecule has 0 saturated carbocycles. The predicted molar refractivity (Wildman–Crippen MR) is 96.6 cm³/mol. The fraction of sp³-hybridized carbons (Fsp3) is 0.471. The van der Waals surface area contributed by atoms with Gasteiger partial charge < -0.3 is 10.2 Å². The monoisotopic (exact) mass is 350 g/mol. The van der Waals surface area contributed by atoms with Gasteiger partial charge in [0.25, 0.3) is 5.56 Å². The molecule has 1 aliphatic rings. The third-order valence-electron chi connectivity index (χ3n) is 4.49. The van der Waals surface area contributed by atoms with Gasteiger partial charge in [0.05, 0.1) is 17.5 Å². The highest BCUT2D eigenvalue weighted by Gasteiger charge is 2.28. The van der Waals surface area contributed by atoms with E-state index < -0.39 is 0 Å². The number of nitrogens with zero attached hydrogens (tertiary/aromatic N) is 3. The summed E-state index contributed by atoms with van der Waals surface area (Å²) in [5.41, 5.74) is 0.536. The zero-order valence-corrected chi connectivity index (χ0v) is 14.8. The molecule has 1 fully saturated rings. The first-order valence-electron chi connectivity index (χ1n) is 8.01. The van der Waals surface area contributed by atoms with E-state index in [9.17, 15) is 9.59 Å². The Kier molecular flexibility index (Phi) is 5.96. The predicted octanol–water partition coefficient (Wildman–Crippen LogP) is 1.11. The second-order valence-electron chi connectivity index (χ2n) is 6.04. The Labute approximate surface area is 147 Å². The summed E-state index contributed by atoms with van der Waals surface area (Å²) in [6.45, 7) is 1.61. The normalized spacial score (nSPS) is 17.1. The molecule has 2 aromatic rings. The van der Waals surface area contributed by atoms with Crippen molar-refractivity contribution >= 4 is 29.1 Å². The number of aromatic nitrogens is 2. The number of carbonyl (C=O) groups is 1. The molecule has 1 amide bonds. The van der Waals surface area contributed by atoms with Crippen molar-refractivity contribution in [2.75, 3.05) is 20.1 Å². The van der Waals surface area contributed by atoms with Crippen LogP contribution in [0.4, 0.5) is 0 Å². The van der Waals surface area contributed by atoms with Gasteiger partial charge in [-0.2, -0.15) is 5.10 Å². The standard InChI is InChI=1S/C17H22N4O2.ClH/c1-18-11-12-6-5-9-21(12)16(22)10-15-13-7-3-4-8-14(13)17(23)20(2)19-15;/h3-4,7-8,12,18H,5-6,9-11H2,1-2H3;1H. The number of likely N-dealkylation sites (tertiary alicyclic amines) is 1. The lowest BCUT2D eigenvalue weighted by molar-refractivity contribution is -0.131. The van der Waals surface area contributed by atoms with Crippen molar-refractivity contribution in [1.29, 1.82) is 0 Å². The number of amides is 1. The molecule has 1 atom stereocenters. The summed E-state index contributed by atoms with van der Waals surface area (Å²) < 4.78 is 1.32. The van der Waals surface area contributed by atoms with E-state index in [1.807, 2.05) is 30.1 Å². The number of benzene rings is 1. The molecule has 1 unspecified atom stereocenters. The van der Waals surface area contributed by atoms with Crippen LogP contribution in [0.3, 0.4) is 0 Å². The Morgan fingerprint density at radius 2 is 2.04 bits per heavy atom. The average molecular weight is 351 g/mol. The smallest absolute Gasteiger partial charge is 0.274 e. The number of hydrogen-bond acceptors (Lipinski definition) is 4. The number of nitrogens with one attached hydrogen (secondary N) is 1. The summed E-state index contributed by atoms with van der Waals surface area (Å²) >= 11 is 0. The van der Waals surface area contributed by atoms with Crippen LogP contribution < -0.4 is 10.9 Å². The largest absolute Gasteiger partial charge is 0.338 e. The summed E-state index contributed by atoms with van der Waals surface area (Å²) in [5, 5.41) is 8.86. The third-order valence-corrected chi connectivity index (χ3v) is 4.49. The molecule has 6 nitrogen and oxygen atoms in total. The van der Waals surface area contributed by atoms with Crippen molar-refractivity contribution in [2.45, 2.75) is 25.3 Å². The highest BCUT2D eigenvalue weighted by atomic mass is 35.5. The number of aryl methyl sites for hydroxylation is 1. The van der Waals surface area contributed by atoms with Crippen molar-refractivity contribution < 1.29 is 4.79 Å². The zero-order chi connectivity index (χ0) is 16.4. The number of hydrogen-bond donors (Lipinski definition) is 1. The minimum Gasteiger partial charge on any atom is -0.338 e. The topological polar surface area (TPSA) is 67.2 Å². The average Bonchev–Trinajstić information content (AvgIpc) is 3.01.